The maximum absolute atomic E-state index is 15.7. The molecule has 13 heteroatoms. The highest BCUT2D eigenvalue weighted by Gasteiger charge is 2.76. The van der Waals surface area contributed by atoms with E-state index in [0.29, 0.717) is 75.0 Å². The number of ketones is 1. The van der Waals surface area contributed by atoms with Crippen LogP contribution in [0, 0.1) is 52.3 Å². The van der Waals surface area contributed by atoms with Crippen LogP contribution in [0.5, 0.6) is 0 Å². The van der Waals surface area contributed by atoms with Crippen molar-refractivity contribution < 1.29 is 50.4 Å². The van der Waals surface area contributed by atoms with Gasteiger partial charge in [-0.1, -0.05) is 51.5 Å². The van der Waals surface area contributed by atoms with E-state index in [1.165, 1.54) is 6.42 Å². The van der Waals surface area contributed by atoms with E-state index in [0.717, 1.165) is 75.5 Å². The second kappa shape index (κ2) is 19.8. The molecule has 1 saturated heterocycles. The van der Waals surface area contributed by atoms with Gasteiger partial charge in [0, 0.05) is 36.1 Å². The number of fused-ring (bicyclic) bond motifs is 8. The van der Waals surface area contributed by atoms with E-state index < -0.39 is 70.0 Å². The Labute approximate surface area is 405 Å². The van der Waals surface area contributed by atoms with Crippen LogP contribution in [0.15, 0.2) is 34.7 Å². The van der Waals surface area contributed by atoms with Gasteiger partial charge in [-0.2, -0.15) is 0 Å². The Bertz CT molecular complexity index is 1920. The number of dihydropyridines is 1. The third-order valence-electron chi connectivity index (χ3n) is 20.8. The van der Waals surface area contributed by atoms with Crippen molar-refractivity contribution in [1.29, 1.82) is 0 Å². The quantitative estimate of drug-likeness (QED) is 0.106. The van der Waals surface area contributed by atoms with Gasteiger partial charge in [0.25, 0.3) is 0 Å². The minimum Gasteiger partial charge on any atom is -0.396 e. The van der Waals surface area contributed by atoms with Crippen molar-refractivity contribution >= 4 is 5.78 Å². The lowest BCUT2D eigenvalue weighted by Crippen LogP contribution is -2.71. The Morgan fingerprint density at radius 1 is 0.926 bits per heavy atom. The molecule has 18 unspecified atom stereocenters. The zero-order chi connectivity index (χ0) is 48.4. The molecule has 9 aliphatic rings. The summed E-state index contributed by atoms with van der Waals surface area (Å²) >= 11 is 0. The van der Waals surface area contributed by atoms with Crippen LogP contribution < -0.4 is 16.4 Å². The zero-order valence-corrected chi connectivity index (χ0v) is 41.6. The van der Waals surface area contributed by atoms with Gasteiger partial charge in [0.2, 0.25) is 0 Å². The van der Waals surface area contributed by atoms with Gasteiger partial charge in [-0.25, -0.2) is 0 Å². The highest BCUT2D eigenvalue weighted by atomic mass is 16.5. The average molecular weight is 952 g/mol. The van der Waals surface area contributed by atoms with E-state index in [4.69, 9.17) is 10.5 Å². The number of nitrogens with one attached hydrogen (secondary N) is 2. The van der Waals surface area contributed by atoms with Crippen LogP contribution in [0.2, 0.25) is 0 Å². The number of hydrogen-bond donors (Lipinski definition) is 11. The maximum atomic E-state index is 15.7. The number of rotatable bonds is 14. The van der Waals surface area contributed by atoms with Crippen molar-refractivity contribution in [3.63, 3.8) is 0 Å². The normalized spacial score (nSPS) is 45.5. The predicted octanol–water partition coefficient (Wildman–Crippen LogP) is 5.30. The van der Waals surface area contributed by atoms with Crippen molar-refractivity contribution in [1.82, 2.24) is 10.6 Å². The summed E-state index contributed by atoms with van der Waals surface area (Å²) in [4.78, 5) is 15.7. The van der Waals surface area contributed by atoms with Crippen LogP contribution in [-0.2, 0) is 9.53 Å². The molecule has 6 saturated carbocycles. The van der Waals surface area contributed by atoms with Crippen LogP contribution in [0.4, 0.5) is 0 Å². The molecule has 68 heavy (non-hydrogen) atoms. The molecule has 384 valence electrons. The SMILES string of the molecule is CCCC1CCC2OC3C(C(O)CCCC3(O)C(C)(O)C3CCC4(O)C5=C(NCC(C)O)C(=O)C6CC(O)C(O)CC6(CCC6=C(CCCO)NC(N)C=C6)C5CCC34C3CCCCC3)C2CC1. The number of hydrogen-bond acceptors (Lipinski definition) is 13. The molecule has 18 atom stereocenters. The van der Waals surface area contributed by atoms with Crippen LogP contribution >= 0.6 is 0 Å². The van der Waals surface area contributed by atoms with Crippen molar-refractivity contribution in [3.8, 4) is 0 Å². The Hall–Kier alpha value is -1.91. The standard InChI is InChI=1S/C55H89N3O10/c1-4-10-33-15-18-36-43(19-16-33)68-50-46(36)40(61)14-8-24-55(50,67)51(3,65)44-23-27-54(66)47-37(22-26-53(44,54)35-11-6-5-7-12-35)52(25-21-34-17-20-45(56)58-39(34)13-9-28-59)30-42(63)41(62)29-38(52)49(64)48(47)57-31-32(2)60/h17,20,32-33,35-38,40-46,50,57-63,65-67H,4-16,18-19,21-31,56H2,1-3H3. The van der Waals surface area contributed by atoms with Gasteiger partial charge >= 0.3 is 0 Å². The number of carbonyl (C=O) groups is 1. The molecule has 0 amide bonds. The lowest BCUT2D eigenvalue weighted by Gasteiger charge is -2.66. The van der Waals surface area contributed by atoms with E-state index in [2.05, 4.69) is 17.6 Å². The number of ether oxygens (including phenoxy) is 1. The monoisotopic (exact) mass is 952 g/mol. The Morgan fingerprint density at radius 3 is 2.43 bits per heavy atom. The first-order chi connectivity index (χ1) is 32.5. The van der Waals surface area contributed by atoms with Crippen LogP contribution in [-0.4, -0.2) is 119 Å². The van der Waals surface area contributed by atoms with E-state index in [1.807, 2.05) is 19.1 Å². The number of aliphatic hydroxyl groups excluding tert-OH is 5. The van der Waals surface area contributed by atoms with Gasteiger partial charge in [-0.15, -0.1) is 0 Å². The Kier molecular flexibility index (Phi) is 14.9. The summed E-state index contributed by atoms with van der Waals surface area (Å²) in [5, 5.41) is 105. The summed E-state index contributed by atoms with van der Waals surface area (Å²) in [5.74, 6) is -1.44. The van der Waals surface area contributed by atoms with Crippen molar-refractivity contribution in [2.24, 2.45) is 58.0 Å². The third kappa shape index (κ3) is 8.32. The second-order valence-electron chi connectivity index (χ2n) is 24.2. The highest BCUT2D eigenvalue weighted by Crippen LogP contribution is 2.74. The molecule has 7 fully saturated rings. The number of nitrogens with two attached hydrogens (primary N) is 1. The van der Waals surface area contributed by atoms with E-state index in [1.54, 1.807) is 6.92 Å². The molecule has 0 aromatic rings. The summed E-state index contributed by atoms with van der Waals surface area (Å²) in [6, 6.07) is 0. The summed E-state index contributed by atoms with van der Waals surface area (Å²) in [7, 11) is 0. The Balaban J connectivity index is 1.15. The molecule has 7 aliphatic carbocycles. The summed E-state index contributed by atoms with van der Waals surface area (Å²) in [6.07, 6.45) is 15.7. The lowest BCUT2D eigenvalue weighted by atomic mass is 9.40. The topological polar surface area (TPSA) is 238 Å². The number of Topliss-reactive ketones (excluding diaryl/α,β-unsaturated/α-hetero) is 1. The molecule has 12 N–H and O–H groups in total. The molecule has 0 spiro atoms. The molecule has 0 bridgehead atoms. The molecular weight excluding hydrogens is 863 g/mol. The number of aliphatic hydroxyl groups is 8. The summed E-state index contributed by atoms with van der Waals surface area (Å²) in [5.41, 5.74) is 2.39. The van der Waals surface area contributed by atoms with Gasteiger partial charge in [0.05, 0.1) is 59.7 Å². The fourth-order valence-corrected chi connectivity index (χ4v) is 17.8. The van der Waals surface area contributed by atoms with Crippen molar-refractivity contribution in [3.05, 3.63) is 34.7 Å². The van der Waals surface area contributed by atoms with Gasteiger partial charge < -0.3 is 62.0 Å². The van der Waals surface area contributed by atoms with Crippen molar-refractivity contribution in [2.45, 2.75) is 234 Å². The molecular formula is C55H89N3O10. The highest BCUT2D eigenvalue weighted by molar-refractivity contribution is 6.00. The minimum absolute atomic E-state index is 0.0158. The first-order valence-electron chi connectivity index (χ1n) is 27.6. The first-order valence-corrected chi connectivity index (χ1v) is 27.6. The van der Waals surface area contributed by atoms with Crippen LogP contribution in [0.25, 0.3) is 0 Å². The van der Waals surface area contributed by atoms with E-state index >= 15 is 4.79 Å². The largest absolute Gasteiger partial charge is 0.396 e. The maximum Gasteiger partial charge on any atom is 0.182 e. The molecule has 13 nitrogen and oxygen atoms in total. The van der Waals surface area contributed by atoms with Crippen LogP contribution in [0.3, 0.4) is 0 Å². The molecule has 0 radical (unpaired) electrons. The van der Waals surface area contributed by atoms with Gasteiger partial charge in [0.15, 0.2) is 5.78 Å². The number of allylic oxidation sites excluding steroid dienone is 4. The van der Waals surface area contributed by atoms with Gasteiger partial charge in [0.1, 0.15) is 5.60 Å². The smallest absolute Gasteiger partial charge is 0.182 e. The molecule has 2 aliphatic heterocycles. The minimum atomic E-state index is -1.75. The van der Waals surface area contributed by atoms with Crippen molar-refractivity contribution in [2.75, 3.05) is 13.2 Å². The predicted molar refractivity (Wildman–Crippen MR) is 259 cm³/mol. The third-order valence-corrected chi connectivity index (χ3v) is 20.8. The molecule has 2 heterocycles. The molecule has 0 aromatic carbocycles. The van der Waals surface area contributed by atoms with Gasteiger partial charge in [-0.05, 0) is 182 Å². The second-order valence-corrected chi connectivity index (χ2v) is 24.2. The fourth-order valence-electron chi connectivity index (χ4n) is 17.8. The van der Waals surface area contributed by atoms with E-state index in [-0.39, 0.29) is 80.6 Å². The molecule has 0 aromatic heterocycles. The number of carbonyl (C=O) groups excluding carboxylic acids is 1. The average Bonchev–Trinajstić information content (AvgIpc) is 3.74. The summed E-state index contributed by atoms with van der Waals surface area (Å²) < 4.78 is 7.11. The van der Waals surface area contributed by atoms with Crippen LogP contribution in [0.1, 0.15) is 175 Å². The lowest BCUT2D eigenvalue weighted by molar-refractivity contribution is -0.264. The van der Waals surface area contributed by atoms with E-state index in [9.17, 15) is 40.9 Å². The zero-order valence-electron chi connectivity index (χ0n) is 41.6. The fraction of sp³-hybridized carbons (Fsp3) is 0.873. The van der Waals surface area contributed by atoms with Gasteiger partial charge in [-0.3, -0.25) is 4.79 Å². The Morgan fingerprint density at radius 2 is 1.69 bits per heavy atom. The summed E-state index contributed by atoms with van der Waals surface area (Å²) in [6.45, 7) is 5.83. The molecule has 9 rings (SSSR count). The first kappa shape index (κ1) is 51.0.